The van der Waals surface area contributed by atoms with Crippen LogP contribution >= 0.6 is 50.9 Å². The van der Waals surface area contributed by atoms with Gasteiger partial charge in [0.25, 0.3) is 0 Å². The third-order valence-electron chi connectivity index (χ3n) is 3.43. The largest absolute Gasteiger partial charge is 0.241 e. The first-order chi connectivity index (χ1) is 12.1. The average Bonchev–Trinajstić information content (AvgIpc) is 2.98. The molecule has 0 saturated carbocycles. The summed E-state index contributed by atoms with van der Waals surface area (Å²) in [6.45, 7) is 4.39. The number of hydrogen-bond acceptors (Lipinski definition) is 3. The van der Waals surface area contributed by atoms with Crippen LogP contribution in [-0.4, -0.2) is 14.8 Å². The van der Waals surface area contributed by atoms with E-state index in [1.54, 1.807) is 6.07 Å². The summed E-state index contributed by atoms with van der Waals surface area (Å²) in [5.74, 6) is 1.49. The minimum Gasteiger partial charge on any atom is -0.241 e. The van der Waals surface area contributed by atoms with Crippen molar-refractivity contribution in [3.63, 3.8) is 0 Å². The van der Waals surface area contributed by atoms with Gasteiger partial charge >= 0.3 is 0 Å². The fourth-order valence-electron chi connectivity index (χ4n) is 2.23. The van der Waals surface area contributed by atoms with Gasteiger partial charge in [-0.05, 0) is 29.8 Å². The third-order valence-corrected chi connectivity index (χ3v) is 5.43. The van der Waals surface area contributed by atoms with E-state index in [-0.39, 0.29) is 0 Å². The van der Waals surface area contributed by atoms with Gasteiger partial charge in [-0.1, -0.05) is 75.2 Å². The van der Waals surface area contributed by atoms with E-state index in [4.69, 9.17) is 23.2 Å². The molecule has 3 rings (SSSR count). The van der Waals surface area contributed by atoms with E-state index < -0.39 is 0 Å². The molecule has 7 heteroatoms. The van der Waals surface area contributed by atoms with Crippen LogP contribution in [0.5, 0.6) is 0 Å². The minimum atomic E-state index is 0.598. The summed E-state index contributed by atoms with van der Waals surface area (Å²) >= 11 is 17.2. The van der Waals surface area contributed by atoms with Gasteiger partial charge in [0.05, 0.1) is 6.54 Å². The second-order valence-corrected chi connectivity index (χ2v) is 7.92. The van der Waals surface area contributed by atoms with Crippen LogP contribution in [0.15, 0.2) is 64.7 Å². The Morgan fingerprint density at radius 2 is 1.92 bits per heavy atom. The molecule has 2 aromatic carbocycles. The highest BCUT2D eigenvalue weighted by Gasteiger charge is 2.12. The van der Waals surface area contributed by atoms with Crippen molar-refractivity contribution in [1.29, 1.82) is 0 Å². The molecular weight excluding hydrogens is 441 g/mol. The highest BCUT2D eigenvalue weighted by Crippen LogP contribution is 2.29. The number of benzene rings is 2. The summed E-state index contributed by atoms with van der Waals surface area (Å²) in [5.41, 5.74) is 2.01. The van der Waals surface area contributed by atoms with Crippen molar-refractivity contribution in [2.24, 2.45) is 0 Å². The predicted octanol–water partition coefficient (Wildman–Crippen LogP) is 6.49. The molecule has 25 heavy (non-hydrogen) atoms. The van der Waals surface area contributed by atoms with Gasteiger partial charge in [-0.2, -0.15) is 0 Å². The zero-order valence-corrected chi connectivity index (χ0v) is 17.0. The number of allylic oxidation sites excluding steroid dienone is 1. The van der Waals surface area contributed by atoms with Gasteiger partial charge in [-0.3, -0.25) is 0 Å². The Bertz CT molecular complexity index is 894. The van der Waals surface area contributed by atoms with Crippen molar-refractivity contribution in [3.8, 4) is 11.4 Å². The number of thioether (sulfide) groups is 1. The molecule has 0 unspecified atom stereocenters. The molecule has 0 aliphatic rings. The Morgan fingerprint density at radius 1 is 1.16 bits per heavy atom. The molecule has 0 spiro atoms. The van der Waals surface area contributed by atoms with Crippen molar-refractivity contribution in [3.05, 3.63) is 75.2 Å². The van der Waals surface area contributed by atoms with Crippen LogP contribution in [0.1, 0.15) is 5.56 Å². The molecule has 0 aliphatic heterocycles. The Labute approximate surface area is 169 Å². The molecule has 1 aromatic heterocycles. The van der Waals surface area contributed by atoms with Crippen molar-refractivity contribution >= 4 is 50.9 Å². The Morgan fingerprint density at radius 3 is 2.60 bits per heavy atom. The Hall–Kier alpha value is -1.27. The Kier molecular flexibility index (Phi) is 6.23. The van der Waals surface area contributed by atoms with Crippen LogP contribution in [0.25, 0.3) is 11.4 Å². The number of halogens is 3. The van der Waals surface area contributed by atoms with Gasteiger partial charge in [-0.25, -0.2) is 9.67 Å². The van der Waals surface area contributed by atoms with Gasteiger partial charge in [-0.15, -0.1) is 11.7 Å². The molecule has 0 atom stereocenters. The highest BCUT2D eigenvalue weighted by molar-refractivity contribution is 9.10. The molecule has 0 saturated heterocycles. The second-order valence-electron chi connectivity index (χ2n) is 5.22. The second kappa shape index (κ2) is 8.41. The van der Waals surface area contributed by atoms with E-state index in [0.29, 0.717) is 27.5 Å². The first-order valence-electron chi connectivity index (χ1n) is 7.45. The minimum absolute atomic E-state index is 0.598. The van der Waals surface area contributed by atoms with E-state index >= 15 is 0 Å². The first kappa shape index (κ1) is 18.5. The maximum Gasteiger partial charge on any atom is 0.209 e. The summed E-state index contributed by atoms with van der Waals surface area (Å²) in [5, 5.41) is 6.56. The summed E-state index contributed by atoms with van der Waals surface area (Å²) in [4.78, 5) is 4.67. The molecule has 128 valence electrons. The van der Waals surface area contributed by atoms with E-state index in [0.717, 1.165) is 21.4 Å². The van der Waals surface area contributed by atoms with Crippen LogP contribution in [-0.2, 0) is 12.3 Å². The van der Waals surface area contributed by atoms with E-state index in [2.05, 4.69) is 32.6 Å². The van der Waals surface area contributed by atoms with Gasteiger partial charge in [0.2, 0.25) is 5.16 Å². The summed E-state index contributed by atoms with van der Waals surface area (Å²) in [6, 6.07) is 13.5. The molecule has 3 aromatic rings. The lowest BCUT2D eigenvalue weighted by molar-refractivity contribution is 0.687. The maximum absolute atomic E-state index is 6.23. The normalized spacial score (nSPS) is 10.8. The van der Waals surface area contributed by atoms with Gasteiger partial charge in [0.15, 0.2) is 5.82 Å². The van der Waals surface area contributed by atoms with Crippen LogP contribution in [0, 0.1) is 0 Å². The van der Waals surface area contributed by atoms with Crippen LogP contribution in [0.2, 0.25) is 10.0 Å². The SMILES string of the molecule is C=CCn1nc(SCc2ccc(Cl)cc2Cl)nc1-c1ccc(Br)cc1. The monoisotopic (exact) mass is 453 g/mol. The van der Waals surface area contributed by atoms with Crippen molar-refractivity contribution < 1.29 is 0 Å². The lowest BCUT2D eigenvalue weighted by atomic mass is 10.2. The van der Waals surface area contributed by atoms with Gasteiger partial charge in [0.1, 0.15) is 0 Å². The quantitative estimate of drug-likeness (QED) is 0.315. The molecule has 0 amide bonds. The molecule has 0 radical (unpaired) electrons. The van der Waals surface area contributed by atoms with Crippen molar-refractivity contribution in [1.82, 2.24) is 14.8 Å². The van der Waals surface area contributed by atoms with Crippen LogP contribution in [0.3, 0.4) is 0 Å². The summed E-state index contributed by atoms with van der Waals surface area (Å²) < 4.78 is 2.88. The maximum atomic E-state index is 6.23. The van der Waals surface area contributed by atoms with Crippen LogP contribution in [0.4, 0.5) is 0 Å². The molecule has 0 fully saturated rings. The first-order valence-corrected chi connectivity index (χ1v) is 9.98. The number of nitrogens with zero attached hydrogens (tertiary/aromatic N) is 3. The fraction of sp³-hybridized carbons (Fsp3) is 0.111. The smallest absolute Gasteiger partial charge is 0.209 e. The lowest BCUT2D eigenvalue weighted by Crippen LogP contribution is -2.00. The van der Waals surface area contributed by atoms with Crippen molar-refractivity contribution in [2.75, 3.05) is 0 Å². The molecule has 1 heterocycles. The number of hydrogen-bond donors (Lipinski definition) is 0. The highest BCUT2D eigenvalue weighted by atomic mass is 79.9. The number of aromatic nitrogens is 3. The Balaban J connectivity index is 1.83. The number of rotatable bonds is 6. The van der Waals surface area contributed by atoms with Crippen LogP contribution < -0.4 is 0 Å². The lowest BCUT2D eigenvalue weighted by Gasteiger charge is -2.02. The average molecular weight is 455 g/mol. The predicted molar refractivity (Wildman–Crippen MR) is 109 cm³/mol. The standard InChI is InChI=1S/C18H14BrCl2N3S/c1-2-9-24-17(12-3-6-14(19)7-4-12)22-18(23-24)25-11-13-5-8-15(20)10-16(13)21/h2-8,10H,1,9,11H2. The van der Waals surface area contributed by atoms with E-state index in [1.165, 1.54) is 11.8 Å². The third kappa shape index (κ3) is 4.67. The summed E-state index contributed by atoms with van der Waals surface area (Å²) in [6.07, 6.45) is 1.81. The molecule has 0 N–H and O–H groups in total. The zero-order valence-electron chi connectivity index (χ0n) is 13.1. The van der Waals surface area contributed by atoms with E-state index in [9.17, 15) is 0 Å². The van der Waals surface area contributed by atoms with Gasteiger partial charge < -0.3 is 0 Å². The van der Waals surface area contributed by atoms with Gasteiger partial charge in [0, 0.05) is 25.8 Å². The van der Waals surface area contributed by atoms with E-state index in [1.807, 2.05) is 47.2 Å². The molecule has 0 aliphatic carbocycles. The fourth-order valence-corrected chi connectivity index (χ4v) is 3.89. The topological polar surface area (TPSA) is 30.7 Å². The zero-order chi connectivity index (χ0) is 17.8. The summed E-state index contributed by atoms with van der Waals surface area (Å²) in [7, 11) is 0. The van der Waals surface area contributed by atoms with Crippen molar-refractivity contribution in [2.45, 2.75) is 17.5 Å². The molecule has 3 nitrogen and oxygen atoms in total. The molecular formula is C18H14BrCl2N3S. The molecule has 0 bridgehead atoms.